The van der Waals surface area contributed by atoms with Gasteiger partial charge < -0.3 is 9.47 Å². The van der Waals surface area contributed by atoms with Gasteiger partial charge in [0.05, 0.1) is 37.1 Å². The van der Waals surface area contributed by atoms with Crippen molar-refractivity contribution in [2.45, 2.75) is 38.0 Å². The highest BCUT2D eigenvalue weighted by Gasteiger charge is 2.29. The molecule has 0 fully saturated rings. The number of aryl methyl sites for hydroxylation is 4. The molecular formula is C20H26N4O4. The molecule has 2 heterocycles. The van der Waals surface area contributed by atoms with Crippen LogP contribution >= 0.6 is 0 Å². The third-order valence-electron chi connectivity index (χ3n) is 5.04. The second-order valence-electron chi connectivity index (χ2n) is 6.98. The number of esters is 2. The summed E-state index contributed by atoms with van der Waals surface area (Å²) >= 11 is 0. The highest BCUT2D eigenvalue weighted by Crippen LogP contribution is 2.31. The summed E-state index contributed by atoms with van der Waals surface area (Å²) in [5, 5.41) is 8.61. The van der Waals surface area contributed by atoms with E-state index in [-0.39, 0.29) is 17.9 Å². The molecule has 0 amide bonds. The molecule has 28 heavy (non-hydrogen) atoms. The second kappa shape index (κ2) is 8.41. The molecule has 0 radical (unpaired) electrons. The predicted molar refractivity (Wildman–Crippen MR) is 102 cm³/mol. The average molecular weight is 386 g/mol. The number of fused-ring (bicyclic) bond motifs is 2. The summed E-state index contributed by atoms with van der Waals surface area (Å²) in [4.78, 5) is 22.9. The van der Waals surface area contributed by atoms with Crippen LogP contribution in [0.25, 0.3) is 5.57 Å². The number of aromatic nitrogens is 4. The monoisotopic (exact) mass is 386 g/mol. The van der Waals surface area contributed by atoms with Crippen LogP contribution in [0.4, 0.5) is 0 Å². The van der Waals surface area contributed by atoms with Crippen molar-refractivity contribution in [2.24, 2.45) is 14.1 Å². The van der Waals surface area contributed by atoms with Gasteiger partial charge in [0, 0.05) is 37.6 Å². The Hall–Kier alpha value is -2.90. The average Bonchev–Trinajstić information content (AvgIpc) is 3.27. The Labute approximate surface area is 164 Å². The zero-order valence-corrected chi connectivity index (χ0v) is 16.8. The van der Waals surface area contributed by atoms with Crippen LogP contribution in [0.3, 0.4) is 0 Å². The van der Waals surface area contributed by atoms with E-state index in [4.69, 9.17) is 9.47 Å². The lowest BCUT2D eigenvalue weighted by Gasteiger charge is -2.18. The maximum absolute atomic E-state index is 11.5. The molecule has 0 bridgehead atoms. The number of methoxy groups -OCH3 is 2. The van der Waals surface area contributed by atoms with Gasteiger partial charge in [0.15, 0.2) is 0 Å². The highest BCUT2D eigenvalue weighted by molar-refractivity contribution is 6.17. The Morgan fingerprint density at radius 2 is 1.75 bits per heavy atom. The van der Waals surface area contributed by atoms with E-state index < -0.39 is 0 Å². The van der Waals surface area contributed by atoms with Gasteiger partial charge in [-0.2, -0.15) is 10.2 Å². The van der Waals surface area contributed by atoms with Crippen LogP contribution in [0.5, 0.6) is 0 Å². The molecule has 8 nitrogen and oxygen atoms in total. The molecule has 1 unspecified atom stereocenters. The van der Waals surface area contributed by atoms with Gasteiger partial charge >= 0.3 is 11.9 Å². The van der Waals surface area contributed by atoms with E-state index in [1.165, 1.54) is 14.2 Å². The van der Waals surface area contributed by atoms with Gasteiger partial charge in [-0.3, -0.25) is 14.2 Å². The van der Waals surface area contributed by atoms with Gasteiger partial charge in [-0.15, -0.1) is 0 Å². The molecule has 0 saturated heterocycles. The molecule has 150 valence electrons. The molecule has 2 aromatic rings. The number of hydrogen-bond acceptors (Lipinski definition) is 6. The van der Waals surface area contributed by atoms with E-state index in [0.717, 1.165) is 54.6 Å². The van der Waals surface area contributed by atoms with Gasteiger partial charge in [-0.1, -0.05) is 6.08 Å². The van der Waals surface area contributed by atoms with E-state index in [0.29, 0.717) is 5.57 Å². The smallest absolute Gasteiger partial charge is 0.338 e. The van der Waals surface area contributed by atoms with Crippen LogP contribution in [-0.2, 0) is 46.0 Å². The summed E-state index contributed by atoms with van der Waals surface area (Å²) in [5.41, 5.74) is 4.63. The summed E-state index contributed by atoms with van der Waals surface area (Å²) in [7, 11) is 6.57. The Morgan fingerprint density at radius 1 is 1.04 bits per heavy atom. The predicted octanol–water partition coefficient (Wildman–Crippen LogP) is 1.94. The fourth-order valence-electron chi connectivity index (χ4n) is 3.77. The molecular weight excluding hydrogens is 360 g/mol. The minimum atomic E-state index is -0.279. The summed E-state index contributed by atoms with van der Waals surface area (Å²) in [6, 6.07) is 0. The van der Waals surface area contributed by atoms with Crippen LogP contribution in [0.1, 0.15) is 47.7 Å². The lowest BCUT2D eigenvalue weighted by Crippen LogP contribution is -2.18. The molecule has 2 aromatic heterocycles. The highest BCUT2D eigenvalue weighted by atomic mass is 16.5. The van der Waals surface area contributed by atoms with Crippen molar-refractivity contribution >= 4 is 17.5 Å². The molecule has 0 aliphatic heterocycles. The summed E-state index contributed by atoms with van der Waals surface area (Å²) < 4.78 is 13.0. The summed E-state index contributed by atoms with van der Waals surface area (Å²) in [6.07, 6.45) is 10.3. The minimum absolute atomic E-state index is 0.0996. The fourth-order valence-corrected chi connectivity index (χ4v) is 3.77. The Morgan fingerprint density at radius 3 is 2.46 bits per heavy atom. The molecule has 2 aliphatic carbocycles. The maximum Gasteiger partial charge on any atom is 0.338 e. The lowest BCUT2D eigenvalue weighted by atomic mass is 9.87. The first-order valence-corrected chi connectivity index (χ1v) is 9.36. The zero-order valence-electron chi connectivity index (χ0n) is 16.8. The fraction of sp³-hybridized carbons (Fsp3) is 0.500. The Kier molecular flexibility index (Phi) is 5.96. The van der Waals surface area contributed by atoms with Crippen LogP contribution in [0.2, 0.25) is 0 Å². The molecule has 1 atom stereocenters. The molecule has 0 N–H and O–H groups in total. The minimum Gasteiger partial charge on any atom is -0.469 e. The standard InChI is InChI=1S/C10H14N2O2.C10H12N2O2/c2*1-12-6-8-7(10(13)14-2)4-3-5-9(8)11-12/h6-7H,3-5H2,1-2H3;4,6H,3,5H2,1-2H3. The number of ether oxygens (including phenoxy) is 2. The van der Waals surface area contributed by atoms with Gasteiger partial charge in [0.25, 0.3) is 0 Å². The van der Waals surface area contributed by atoms with Gasteiger partial charge in [-0.25, -0.2) is 4.79 Å². The third-order valence-corrected chi connectivity index (χ3v) is 5.04. The number of nitrogens with zero attached hydrogens (tertiary/aromatic N) is 4. The van der Waals surface area contributed by atoms with Crippen molar-refractivity contribution in [1.82, 2.24) is 19.6 Å². The third kappa shape index (κ3) is 4.00. The Balaban J connectivity index is 0.000000161. The summed E-state index contributed by atoms with van der Waals surface area (Å²) in [6.45, 7) is 0. The lowest BCUT2D eigenvalue weighted by molar-refractivity contribution is -0.142. The van der Waals surface area contributed by atoms with Crippen molar-refractivity contribution in [3.63, 3.8) is 0 Å². The van der Waals surface area contributed by atoms with E-state index in [9.17, 15) is 9.59 Å². The van der Waals surface area contributed by atoms with E-state index in [1.807, 2.05) is 32.6 Å². The van der Waals surface area contributed by atoms with Gasteiger partial charge in [-0.05, 0) is 32.1 Å². The number of hydrogen-bond donors (Lipinski definition) is 0. The second-order valence-corrected chi connectivity index (χ2v) is 6.98. The quantitative estimate of drug-likeness (QED) is 0.733. The van der Waals surface area contributed by atoms with Crippen LogP contribution in [0, 0.1) is 0 Å². The first-order valence-electron chi connectivity index (χ1n) is 9.36. The zero-order chi connectivity index (χ0) is 20.3. The van der Waals surface area contributed by atoms with Gasteiger partial charge in [0.2, 0.25) is 0 Å². The van der Waals surface area contributed by atoms with Crippen molar-refractivity contribution in [1.29, 1.82) is 0 Å². The Bertz CT molecular complexity index is 909. The normalized spacial score (nSPS) is 17.4. The first kappa shape index (κ1) is 19.9. The summed E-state index contributed by atoms with van der Waals surface area (Å²) in [5.74, 6) is -0.518. The van der Waals surface area contributed by atoms with Crippen molar-refractivity contribution in [3.05, 3.63) is 41.0 Å². The van der Waals surface area contributed by atoms with E-state index in [2.05, 4.69) is 10.2 Å². The number of allylic oxidation sites excluding steroid dienone is 1. The van der Waals surface area contributed by atoms with Crippen molar-refractivity contribution in [2.75, 3.05) is 14.2 Å². The first-order chi connectivity index (χ1) is 13.4. The molecule has 2 aliphatic rings. The van der Waals surface area contributed by atoms with Crippen LogP contribution < -0.4 is 0 Å². The molecule has 0 aromatic carbocycles. The largest absolute Gasteiger partial charge is 0.469 e. The van der Waals surface area contributed by atoms with Crippen LogP contribution in [0.15, 0.2) is 18.5 Å². The van der Waals surface area contributed by atoms with E-state index >= 15 is 0 Å². The van der Waals surface area contributed by atoms with Crippen LogP contribution in [-0.4, -0.2) is 45.7 Å². The topological polar surface area (TPSA) is 88.2 Å². The molecule has 4 rings (SSSR count). The number of rotatable bonds is 2. The van der Waals surface area contributed by atoms with Crippen molar-refractivity contribution in [3.8, 4) is 0 Å². The number of carbonyl (C=O) groups excluding carboxylic acids is 2. The van der Waals surface area contributed by atoms with Crippen molar-refractivity contribution < 1.29 is 19.1 Å². The van der Waals surface area contributed by atoms with Gasteiger partial charge in [0.1, 0.15) is 0 Å². The number of carbonyl (C=O) groups is 2. The van der Waals surface area contributed by atoms with E-state index in [1.54, 1.807) is 9.36 Å². The molecule has 0 saturated carbocycles. The molecule has 8 heteroatoms. The molecule has 0 spiro atoms. The SMILES string of the molecule is COC(=O)C1=CCCc2nn(C)cc21.COC(=O)C1CCCc2nn(C)cc21. The maximum atomic E-state index is 11.5.